The molecule has 98 valence electrons. The van der Waals surface area contributed by atoms with Crippen molar-refractivity contribution in [3.05, 3.63) is 34.9 Å². The molecule has 2 nitrogen and oxygen atoms in total. The van der Waals surface area contributed by atoms with Gasteiger partial charge in [-0.05, 0) is 50.7 Å². The second kappa shape index (κ2) is 4.17. The molecule has 2 fully saturated rings. The number of benzene rings is 1. The summed E-state index contributed by atoms with van der Waals surface area (Å²) in [6.07, 6.45) is 3.37. The van der Waals surface area contributed by atoms with Crippen molar-refractivity contribution in [1.82, 2.24) is 0 Å². The van der Waals surface area contributed by atoms with Crippen LogP contribution in [0.1, 0.15) is 42.4 Å². The second-order valence-corrected chi connectivity index (χ2v) is 7.90. The molecular weight excluding hydrogens is 244 g/mol. The number of aryl methyl sites for hydroxylation is 2. The summed E-state index contributed by atoms with van der Waals surface area (Å²) in [7, 11) is -0.710. The molecule has 2 aliphatic heterocycles. The summed E-state index contributed by atoms with van der Waals surface area (Å²) in [5.74, 6) is 0. The van der Waals surface area contributed by atoms with Crippen LogP contribution in [0, 0.1) is 13.8 Å². The highest BCUT2D eigenvalue weighted by atomic mass is 32.2. The number of hydrogen-bond acceptors (Lipinski definition) is 2. The first-order valence-corrected chi connectivity index (χ1v) is 7.97. The van der Waals surface area contributed by atoms with Gasteiger partial charge in [-0.25, -0.2) is 0 Å². The largest absolute Gasteiger partial charge is 0.385 e. The van der Waals surface area contributed by atoms with Gasteiger partial charge in [-0.1, -0.05) is 23.8 Å². The number of aliphatic hydroxyl groups is 1. The highest BCUT2D eigenvalue weighted by molar-refractivity contribution is 7.86. The summed E-state index contributed by atoms with van der Waals surface area (Å²) in [6.45, 7) is 4.13. The summed E-state index contributed by atoms with van der Waals surface area (Å²) in [6, 6.07) is 6.24. The van der Waals surface area contributed by atoms with Crippen LogP contribution in [0.25, 0.3) is 0 Å². The highest BCUT2D eigenvalue weighted by Gasteiger charge is 2.48. The van der Waals surface area contributed by atoms with Crippen LogP contribution in [-0.2, 0) is 16.4 Å². The fourth-order valence-corrected chi connectivity index (χ4v) is 5.80. The molecule has 1 N–H and O–H groups in total. The molecule has 0 radical (unpaired) electrons. The average molecular weight is 264 g/mol. The van der Waals surface area contributed by atoms with Crippen molar-refractivity contribution in [1.29, 1.82) is 0 Å². The van der Waals surface area contributed by atoms with Crippen LogP contribution in [0.2, 0.25) is 0 Å². The first-order chi connectivity index (χ1) is 8.49. The van der Waals surface area contributed by atoms with Crippen LogP contribution in [0.3, 0.4) is 0 Å². The van der Waals surface area contributed by atoms with Gasteiger partial charge < -0.3 is 5.11 Å². The predicted molar refractivity (Wildman–Crippen MR) is 74.0 cm³/mol. The van der Waals surface area contributed by atoms with E-state index in [1.54, 1.807) is 0 Å². The first kappa shape index (κ1) is 12.4. The second-order valence-electron chi connectivity index (χ2n) is 5.91. The molecule has 1 aromatic carbocycles. The van der Waals surface area contributed by atoms with Crippen molar-refractivity contribution in [2.45, 2.75) is 55.6 Å². The van der Waals surface area contributed by atoms with Gasteiger partial charge >= 0.3 is 0 Å². The third-order valence-corrected chi connectivity index (χ3v) is 6.60. The Balaban J connectivity index is 1.98. The van der Waals surface area contributed by atoms with Crippen molar-refractivity contribution >= 4 is 10.8 Å². The van der Waals surface area contributed by atoms with Crippen molar-refractivity contribution in [3.8, 4) is 0 Å². The van der Waals surface area contributed by atoms with Gasteiger partial charge in [0.05, 0.1) is 5.60 Å². The maximum absolute atomic E-state index is 12.0. The maximum Gasteiger partial charge on any atom is 0.0922 e. The minimum Gasteiger partial charge on any atom is -0.385 e. The van der Waals surface area contributed by atoms with Crippen LogP contribution in [0.15, 0.2) is 18.2 Å². The highest BCUT2D eigenvalue weighted by Crippen LogP contribution is 2.46. The van der Waals surface area contributed by atoms with E-state index in [1.807, 2.05) is 0 Å². The topological polar surface area (TPSA) is 37.3 Å². The van der Waals surface area contributed by atoms with Gasteiger partial charge in [0.25, 0.3) is 0 Å². The third kappa shape index (κ3) is 1.84. The van der Waals surface area contributed by atoms with Crippen molar-refractivity contribution in [2.75, 3.05) is 0 Å². The molecule has 0 saturated carbocycles. The van der Waals surface area contributed by atoms with Gasteiger partial charge in [0.1, 0.15) is 0 Å². The SMILES string of the molecule is Cc1ccc(C2(O)CC3CCC(C2)S3=O)c(C)c1. The molecule has 2 aliphatic rings. The van der Waals surface area contributed by atoms with Crippen LogP contribution in [0.5, 0.6) is 0 Å². The molecule has 3 heteroatoms. The number of rotatable bonds is 1. The maximum atomic E-state index is 12.0. The Labute approximate surface area is 111 Å². The summed E-state index contributed by atoms with van der Waals surface area (Å²) in [5.41, 5.74) is 2.67. The number of fused-ring (bicyclic) bond motifs is 2. The quantitative estimate of drug-likeness (QED) is 0.846. The Hall–Kier alpha value is -0.670. The number of hydrogen-bond donors (Lipinski definition) is 1. The Bertz CT molecular complexity index is 493. The zero-order valence-corrected chi connectivity index (χ0v) is 11.8. The van der Waals surface area contributed by atoms with E-state index in [4.69, 9.17) is 0 Å². The molecule has 2 unspecified atom stereocenters. The third-order valence-electron chi connectivity index (χ3n) is 4.48. The Morgan fingerprint density at radius 1 is 1.22 bits per heavy atom. The molecule has 18 heavy (non-hydrogen) atoms. The van der Waals surface area contributed by atoms with E-state index in [-0.39, 0.29) is 10.5 Å². The van der Waals surface area contributed by atoms with Crippen LogP contribution in [-0.4, -0.2) is 19.8 Å². The predicted octanol–water partition coefficient (Wildman–Crippen LogP) is 2.56. The van der Waals surface area contributed by atoms with E-state index in [9.17, 15) is 9.32 Å². The van der Waals surface area contributed by atoms with Gasteiger partial charge in [0, 0.05) is 21.3 Å². The minimum atomic E-state index is -0.752. The molecule has 0 aromatic heterocycles. The van der Waals surface area contributed by atoms with Crippen LogP contribution in [0.4, 0.5) is 0 Å². The molecular formula is C15H20O2S. The van der Waals surface area contributed by atoms with Crippen molar-refractivity contribution in [2.24, 2.45) is 0 Å². The minimum absolute atomic E-state index is 0.203. The fourth-order valence-electron chi connectivity index (χ4n) is 3.64. The molecule has 0 aliphatic carbocycles. The van der Waals surface area contributed by atoms with E-state index in [0.29, 0.717) is 12.8 Å². The standard InChI is InChI=1S/C15H20O2S/c1-10-3-6-14(11(2)7-10)15(16)8-12-4-5-13(9-15)18(12)17/h3,6-7,12-13,16H,4-5,8-9H2,1-2H3. The normalized spacial score (nSPS) is 38.9. The Morgan fingerprint density at radius 2 is 1.83 bits per heavy atom. The van der Waals surface area contributed by atoms with Crippen molar-refractivity contribution < 1.29 is 9.32 Å². The molecule has 0 spiro atoms. The molecule has 1 aromatic rings. The van der Waals surface area contributed by atoms with E-state index in [2.05, 4.69) is 32.0 Å². The van der Waals surface area contributed by atoms with Gasteiger partial charge in [0.2, 0.25) is 0 Å². The lowest BCUT2D eigenvalue weighted by Crippen LogP contribution is -2.40. The van der Waals surface area contributed by atoms with Gasteiger partial charge in [0.15, 0.2) is 0 Å². The molecule has 2 saturated heterocycles. The Morgan fingerprint density at radius 3 is 2.39 bits per heavy atom. The molecule has 3 rings (SSSR count). The summed E-state index contributed by atoms with van der Waals surface area (Å²) in [4.78, 5) is 0. The van der Waals surface area contributed by atoms with E-state index in [1.165, 1.54) is 5.56 Å². The zero-order chi connectivity index (χ0) is 12.9. The average Bonchev–Trinajstić information content (AvgIpc) is 2.53. The monoisotopic (exact) mass is 264 g/mol. The molecule has 2 bridgehead atoms. The van der Waals surface area contributed by atoms with Crippen LogP contribution < -0.4 is 0 Å². The van der Waals surface area contributed by atoms with E-state index < -0.39 is 16.4 Å². The molecule has 0 amide bonds. The fraction of sp³-hybridized carbons (Fsp3) is 0.600. The lowest BCUT2D eigenvalue weighted by atomic mass is 9.83. The smallest absolute Gasteiger partial charge is 0.0922 e. The molecule has 2 heterocycles. The zero-order valence-electron chi connectivity index (χ0n) is 11.0. The van der Waals surface area contributed by atoms with Gasteiger partial charge in [-0.2, -0.15) is 0 Å². The lowest BCUT2D eigenvalue weighted by Gasteiger charge is -2.37. The summed E-state index contributed by atoms with van der Waals surface area (Å²) < 4.78 is 12.0. The first-order valence-electron chi connectivity index (χ1n) is 6.69. The van der Waals surface area contributed by atoms with Crippen molar-refractivity contribution in [3.63, 3.8) is 0 Å². The summed E-state index contributed by atoms with van der Waals surface area (Å²) in [5, 5.41) is 11.4. The van der Waals surface area contributed by atoms with E-state index >= 15 is 0 Å². The van der Waals surface area contributed by atoms with Gasteiger partial charge in [-0.15, -0.1) is 0 Å². The van der Waals surface area contributed by atoms with E-state index in [0.717, 1.165) is 24.0 Å². The van der Waals surface area contributed by atoms with Crippen LogP contribution >= 0.6 is 0 Å². The summed E-state index contributed by atoms with van der Waals surface area (Å²) >= 11 is 0. The Kier molecular flexibility index (Phi) is 2.87. The lowest BCUT2D eigenvalue weighted by molar-refractivity contribution is 0.0179. The molecule has 2 atom stereocenters. The van der Waals surface area contributed by atoms with Gasteiger partial charge in [-0.3, -0.25) is 4.21 Å².